The van der Waals surface area contributed by atoms with Gasteiger partial charge in [-0.2, -0.15) is 0 Å². The molecule has 1 heterocycles. The Hall–Kier alpha value is -1.39. The Morgan fingerprint density at radius 3 is 2.95 bits per heavy atom. The van der Waals surface area contributed by atoms with E-state index in [0.29, 0.717) is 6.42 Å². The fourth-order valence-electron chi connectivity index (χ4n) is 2.48. The predicted octanol–water partition coefficient (Wildman–Crippen LogP) is 1.39. The van der Waals surface area contributed by atoms with Gasteiger partial charge in [-0.1, -0.05) is 12.1 Å². The van der Waals surface area contributed by atoms with Gasteiger partial charge in [0.05, 0.1) is 0 Å². The standard InChI is InChI=1S/C15H23N3O/c1-18(10-8-16)9-2-3-12-4-6-14-13(11-12)5-7-15(19)17-14/h4,6,11H,2-3,5,7-10,16H2,1H3,(H,17,19). The lowest BCUT2D eigenvalue weighted by atomic mass is 9.98. The highest BCUT2D eigenvalue weighted by atomic mass is 16.1. The van der Waals surface area contributed by atoms with E-state index in [4.69, 9.17) is 5.73 Å². The monoisotopic (exact) mass is 261 g/mol. The number of nitrogens with two attached hydrogens (primary N) is 1. The van der Waals surface area contributed by atoms with Crippen LogP contribution in [0.4, 0.5) is 5.69 Å². The first-order chi connectivity index (χ1) is 9.19. The summed E-state index contributed by atoms with van der Waals surface area (Å²) in [6.07, 6.45) is 3.69. The van der Waals surface area contributed by atoms with Crippen molar-refractivity contribution >= 4 is 11.6 Å². The van der Waals surface area contributed by atoms with Gasteiger partial charge in [0.1, 0.15) is 0 Å². The van der Waals surface area contributed by atoms with Crippen molar-refractivity contribution in [2.75, 3.05) is 32.0 Å². The van der Waals surface area contributed by atoms with Crippen molar-refractivity contribution < 1.29 is 4.79 Å². The number of nitrogens with one attached hydrogen (secondary N) is 1. The minimum Gasteiger partial charge on any atom is -0.329 e. The van der Waals surface area contributed by atoms with E-state index in [0.717, 1.165) is 44.6 Å². The van der Waals surface area contributed by atoms with Gasteiger partial charge < -0.3 is 16.0 Å². The summed E-state index contributed by atoms with van der Waals surface area (Å²) in [5.41, 5.74) is 9.14. The molecule has 1 aliphatic heterocycles. The van der Waals surface area contributed by atoms with Crippen LogP contribution in [0.3, 0.4) is 0 Å². The molecule has 0 atom stereocenters. The van der Waals surface area contributed by atoms with Gasteiger partial charge in [0.25, 0.3) is 0 Å². The Balaban J connectivity index is 1.86. The SMILES string of the molecule is CN(CCN)CCCc1ccc2c(c1)CCC(=O)N2. The lowest BCUT2D eigenvalue weighted by Gasteiger charge is -2.18. The molecule has 0 radical (unpaired) electrons. The molecule has 2 rings (SSSR count). The molecule has 0 saturated carbocycles. The lowest BCUT2D eigenvalue weighted by Crippen LogP contribution is -2.26. The summed E-state index contributed by atoms with van der Waals surface area (Å²) in [7, 11) is 2.11. The number of hydrogen-bond acceptors (Lipinski definition) is 3. The van der Waals surface area contributed by atoms with Gasteiger partial charge >= 0.3 is 0 Å². The second-order valence-corrected chi connectivity index (χ2v) is 5.24. The highest BCUT2D eigenvalue weighted by molar-refractivity contribution is 5.93. The molecule has 0 fully saturated rings. The van der Waals surface area contributed by atoms with Gasteiger partial charge in [0.2, 0.25) is 5.91 Å². The number of amides is 1. The summed E-state index contributed by atoms with van der Waals surface area (Å²) in [5.74, 6) is 0.128. The fraction of sp³-hybridized carbons (Fsp3) is 0.533. The second kappa shape index (κ2) is 6.68. The van der Waals surface area contributed by atoms with Crippen LogP contribution in [-0.2, 0) is 17.6 Å². The van der Waals surface area contributed by atoms with E-state index in [1.807, 2.05) is 6.07 Å². The summed E-state index contributed by atoms with van der Waals surface area (Å²) < 4.78 is 0. The molecule has 1 aromatic rings. The molecule has 104 valence electrons. The molecule has 0 bridgehead atoms. The van der Waals surface area contributed by atoms with Crippen molar-refractivity contribution in [1.82, 2.24) is 4.90 Å². The zero-order valence-corrected chi connectivity index (χ0v) is 11.6. The van der Waals surface area contributed by atoms with E-state index in [2.05, 4.69) is 29.4 Å². The van der Waals surface area contributed by atoms with Crippen molar-refractivity contribution in [2.45, 2.75) is 25.7 Å². The number of carbonyl (C=O) groups is 1. The minimum atomic E-state index is 0.128. The van der Waals surface area contributed by atoms with E-state index >= 15 is 0 Å². The van der Waals surface area contributed by atoms with Crippen LogP contribution in [0.1, 0.15) is 24.0 Å². The molecule has 0 aliphatic carbocycles. The molecular weight excluding hydrogens is 238 g/mol. The molecule has 1 amide bonds. The number of likely N-dealkylation sites (N-methyl/N-ethyl adjacent to an activating group) is 1. The van der Waals surface area contributed by atoms with E-state index in [9.17, 15) is 4.79 Å². The molecular formula is C15H23N3O. The summed E-state index contributed by atoms with van der Waals surface area (Å²) in [4.78, 5) is 13.6. The molecule has 3 N–H and O–H groups in total. The molecule has 19 heavy (non-hydrogen) atoms. The molecule has 0 aromatic heterocycles. The Morgan fingerprint density at radius 2 is 2.16 bits per heavy atom. The van der Waals surface area contributed by atoms with Crippen LogP contribution < -0.4 is 11.1 Å². The highest BCUT2D eigenvalue weighted by Gasteiger charge is 2.14. The Kier molecular flexibility index (Phi) is 4.93. The van der Waals surface area contributed by atoms with Gasteiger partial charge in [-0.05, 0) is 50.0 Å². The minimum absolute atomic E-state index is 0.128. The summed E-state index contributed by atoms with van der Waals surface area (Å²) in [6, 6.07) is 6.39. The number of anilines is 1. The van der Waals surface area contributed by atoms with Gasteiger partial charge in [-0.15, -0.1) is 0 Å². The zero-order valence-electron chi connectivity index (χ0n) is 11.6. The maximum Gasteiger partial charge on any atom is 0.224 e. The number of hydrogen-bond donors (Lipinski definition) is 2. The maximum atomic E-state index is 11.3. The normalized spacial score (nSPS) is 14.4. The smallest absolute Gasteiger partial charge is 0.224 e. The average Bonchev–Trinajstić information content (AvgIpc) is 2.39. The first kappa shape index (κ1) is 14.0. The Bertz CT molecular complexity index is 445. The molecule has 1 aromatic carbocycles. The van der Waals surface area contributed by atoms with Crippen LogP contribution in [-0.4, -0.2) is 37.5 Å². The largest absolute Gasteiger partial charge is 0.329 e. The fourth-order valence-corrected chi connectivity index (χ4v) is 2.48. The quantitative estimate of drug-likeness (QED) is 0.813. The molecule has 4 nitrogen and oxygen atoms in total. The third-order valence-corrected chi connectivity index (χ3v) is 3.58. The van der Waals surface area contributed by atoms with Gasteiger partial charge in [-0.3, -0.25) is 4.79 Å². The van der Waals surface area contributed by atoms with Gasteiger partial charge in [0.15, 0.2) is 0 Å². The van der Waals surface area contributed by atoms with Crippen LogP contribution in [0.15, 0.2) is 18.2 Å². The van der Waals surface area contributed by atoms with Crippen molar-refractivity contribution in [1.29, 1.82) is 0 Å². The van der Waals surface area contributed by atoms with Crippen LogP contribution in [0.2, 0.25) is 0 Å². The van der Waals surface area contributed by atoms with Crippen molar-refractivity contribution in [2.24, 2.45) is 5.73 Å². The zero-order chi connectivity index (χ0) is 13.7. The third kappa shape index (κ3) is 4.04. The molecule has 0 spiro atoms. The van der Waals surface area contributed by atoms with Gasteiger partial charge in [0, 0.05) is 25.2 Å². The Labute approximate surface area is 115 Å². The topological polar surface area (TPSA) is 58.4 Å². The third-order valence-electron chi connectivity index (χ3n) is 3.58. The van der Waals surface area contributed by atoms with E-state index in [1.54, 1.807) is 0 Å². The number of benzene rings is 1. The Morgan fingerprint density at radius 1 is 1.32 bits per heavy atom. The first-order valence-electron chi connectivity index (χ1n) is 6.99. The van der Waals surface area contributed by atoms with Gasteiger partial charge in [-0.25, -0.2) is 0 Å². The van der Waals surface area contributed by atoms with Crippen LogP contribution in [0.25, 0.3) is 0 Å². The number of fused-ring (bicyclic) bond motifs is 1. The number of carbonyl (C=O) groups excluding carboxylic acids is 1. The first-order valence-corrected chi connectivity index (χ1v) is 6.99. The second-order valence-electron chi connectivity index (χ2n) is 5.24. The lowest BCUT2D eigenvalue weighted by molar-refractivity contribution is -0.116. The van der Waals surface area contributed by atoms with E-state index in [-0.39, 0.29) is 5.91 Å². The maximum absolute atomic E-state index is 11.3. The van der Waals surface area contributed by atoms with Crippen LogP contribution in [0.5, 0.6) is 0 Å². The highest BCUT2D eigenvalue weighted by Crippen LogP contribution is 2.24. The van der Waals surface area contributed by atoms with E-state index in [1.165, 1.54) is 11.1 Å². The number of nitrogens with zero attached hydrogens (tertiary/aromatic N) is 1. The molecule has 1 aliphatic rings. The number of rotatable bonds is 6. The van der Waals surface area contributed by atoms with Crippen molar-refractivity contribution in [3.63, 3.8) is 0 Å². The predicted molar refractivity (Wildman–Crippen MR) is 78.3 cm³/mol. The molecule has 4 heteroatoms. The number of aryl methyl sites for hydroxylation is 2. The van der Waals surface area contributed by atoms with Crippen molar-refractivity contribution in [3.8, 4) is 0 Å². The van der Waals surface area contributed by atoms with Crippen LogP contribution in [0, 0.1) is 0 Å². The molecule has 0 unspecified atom stereocenters. The van der Waals surface area contributed by atoms with E-state index < -0.39 is 0 Å². The summed E-state index contributed by atoms with van der Waals surface area (Å²) in [6.45, 7) is 2.75. The van der Waals surface area contributed by atoms with Crippen molar-refractivity contribution in [3.05, 3.63) is 29.3 Å². The average molecular weight is 261 g/mol. The molecule has 0 saturated heterocycles. The summed E-state index contributed by atoms with van der Waals surface area (Å²) in [5, 5.41) is 2.92. The summed E-state index contributed by atoms with van der Waals surface area (Å²) >= 11 is 0. The van der Waals surface area contributed by atoms with Crippen LogP contribution >= 0.6 is 0 Å².